The number of nitriles is 1. The van der Waals surface area contributed by atoms with E-state index >= 15 is 0 Å². The van der Waals surface area contributed by atoms with Crippen LogP contribution in [-0.2, 0) is 0 Å². The summed E-state index contributed by atoms with van der Waals surface area (Å²) in [6, 6.07) is 2.12. The number of hydrogen-bond acceptors (Lipinski definition) is 5. The minimum atomic E-state index is 0.447. The molecule has 0 saturated heterocycles. The third kappa shape index (κ3) is 1.37. The molecule has 0 fully saturated rings. The quantitative estimate of drug-likeness (QED) is 0.681. The maximum absolute atomic E-state index is 9.20. The van der Waals surface area contributed by atoms with Gasteiger partial charge in [-0.1, -0.05) is 0 Å². The monoisotopic (exact) mass is 225 g/mol. The summed E-state index contributed by atoms with van der Waals surface area (Å²) in [5.74, 6) is 1.13. The average Bonchev–Trinajstić information content (AvgIpc) is 2.94. The number of fused-ring (bicyclic) bond motifs is 1. The van der Waals surface area contributed by atoms with Gasteiger partial charge in [-0.15, -0.1) is 0 Å². The van der Waals surface area contributed by atoms with Crippen LogP contribution in [0, 0.1) is 18.3 Å². The molecule has 1 N–H and O–H groups in total. The van der Waals surface area contributed by atoms with Crippen molar-refractivity contribution < 1.29 is 4.42 Å². The Bertz CT molecular complexity index is 720. The van der Waals surface area contributed by atoms with Crippen molar-refractivity contribution in [1.29, 1.82) is 5.26 Å². The minimum Gasteiger partial charge on any atom is -0.442 e. The summed E-state index contributed by atoms with van der Waals surface area (Å²) in [4.78, 5) is 15.2. The first-order valence-corrected chi connectivity index (χ1v) is 4.94. The zero-order chi connectivity index (χ0) is 11.8. The van der Waals surface area contributed by atoms with Crippen LogP contribution in [0.1, 0.15) is 11.4 Å². The summed E-state index contributed by atoms with van der Waals surface area (Å²) in [5.41, 5.74) is 2.34. The SMILES string of the molecule is Cc1ncc2[nH]c(-c3cnco3)c(C#N)c2n1. The Morgan fingerprint density at radius 3 is 3.00 bits per heavy atom. The van der Waals surface area contributed by atoms with Crippen molar-refractivity contribution in [3.8, 4) is 17.5 Å². The van der Waals surface area contributed by atoms with Gasteiger partial charge in [0.05, 0.1) is 17.9 Å². The van der Waals surface area contributed by atoms with Gasteiger partial charge in [-0.25, -0.2) is 15.0 Å². The Balaban J connectivity index is 2.37. The van der Waals surface area contributed by atoms with Crippen LogP contribution in [0.2, 0.25) is 0 Å². The number of nitrogens with one attached hydrogen (secondary N) is 1. The summed E-state index contributed by atoms with van der Waals surface area (Å²) >= 11 is 0. The first-order chi connectivity index (χ1) is 8.29. The van der Waals surface area contributed by atoms with Gasteiger partial charge in [0, 0.05) is 0 Å². The van der Waals surface area contributed by atoms with Crippen molar-refractivity contribution in [2.75, 3.05) is 0 Å². The third-order valence-corrected chi connectivity index (χ3v) is 2.45. The van der Waals surface area contributed by atoms with E-state index in [1.165, 1.54) is 6.39 Å². The molecule has 0 radical (unpaired) electrons. The van der Waals surface area contributed by atoms with Crippen LogP contribution >= 0.6 is 0 Å². The first kappa shape index (κ1) is 9.54. The lowest BCUT2D eigenvalue weighted by atomic mass is 10.2. The van der Waals surface area contributed by atoms with Crippen LogP contribution in [0.25, 0.3) is 22.5 Å². The Morgan fingerprint density at radius 1 is 1.41 bits per heavy atom. The molecule has 0 aromatic carbocycles. The van der Waals surface area contributed by atoms with Crippen molar-refractivity contribution in [3.05, 3.63) is 30.2 Å². The van der Waals surface area contributed by atoms with Crippen LogP contribution in [-0.4, -0.2) is 19.9 Å². The molecule has 82 valence electrons. The lowest BCUT2D eigenvalue weighted by Crippen LogP contribution is -1.86. The molecule has 0 aliphatic heterocycles. The number of aryl methyl sites for hydroxylation is 1. The van der Waals surface area contributed by atoms with Gasteiger partial charge in [-0.2, -0.15) is 5.26 Å². The number of H-pyrrole nitrogens is 1. The van der Waals surface area contributed by atoms with E-state index < -0.39 is 0 Å². The molecule has 3 heterocycles. The summed E-state index contributed by atoms with van der Waals surface area (Å²) in [7, 11) is 0. The van der Waals surface area contributed by atoms with E-state index in [0.29, 0.717) is 33.9 Å². The average molecular weight is 225 g/mol. The fourth-order valence-corrected chi connectivity index (χ4v) is 1.70. The molecule has 0 spiro atoms. The second kappa shape index (κ2) is 3.42. The summed E-state index contributed by atoms with van der Waals surface area (Å²) in [5, 5.41) is 9.20. The summed E-state index contributed by atoms with van der Waals surface area (Å²) in [6.07, 6.45) is 4.52. The van der Waals surface area contributed by atoms with Crippen molar-refractivity contribution in [3.63, 3.8) is 0 Å². The normalized spacial score (nSPS) is 10.6. The fourth-order valence-electron chi connectivity index (χ4n) is 1.70. The molecule has 6 nitrogen and oxygen atoms in total. The van der Waals surface area contributed by atoms with Crippen LogP contribution in [0.4, 0.5) is 0 Å². The zero-order valence-corrected chi connectivity index (χ0v) is 8.93. The standard InChI is InChI=1S/C11H7N5O/c1-6-14-3-8-10(15-6)7(2-12)11(16-8)9-4-13-5-17-9/h3-5,16H,1H3. The van der Waals surface area contributed by atoms with Crippen LogP contribution in [0.3, 0.4) is 0 Å². The van der Waals surface area contributed by atoms with E-state index in [0.717, 1.165) is 0 Å². The predicted molar refractivity (Wildman–Crippen MR) is 58.8 cm³/mol. The Labute approximate surface area is 96.0 Å². The highest BCUT2D eigenvalue weighted by Crippen LogP contribution is 2.27. The largest absolute Gasteiger partial charge is 0.442 e. The number of rotatable bonds is 1. The van der Waals surface area contributed by atoms with Crippen molar-refractivity contribution in [2.45, 2.75) is 6.92 Å². The first-order valence-electron chi connectivity index (χ1n) is 4.94. The topological polar surface area (TPSA) is 91.4 Å². The second-order valence-corrected chi connectivity index (χ2v) is 3.53. The van der Waals surface area contributed by atoms with Gasteiger partial charge in [-0.3, -0.25) is 0 Å². The van der Waals surface area contributed by atoms with Gasteiger partial charge in [0.15, 0.2) is 12.2 Å². The highest BCUT2D eigenvalue weighted by molar-refractivity contribution is 5.88. The third-order valence-electron chi connectivity index (χ3n) is 2.45. The molecule has 0 amide bonds. The van der Waals surface area contributed by atoms with Crippen molar-refractivity contribution in [2.24, 2.45) is 0 Å². The lowest BCUT2D eigenvalue weighted by molar-refractivity contribution is 0.570. The number of aromatic amines is 1. The number of aromatic nitrogens is 4. The Kier molecular flexibility index (Phi) is 1.92. The van der Waals surface area contributed by atoms with E-state index in [2.05, 4.69) is 26.0 Å². The molecule has 0 unspecified atom stereocenters. The summed E-state index contributed by atoms with van der Waals surface area (Å²) < 4.78 is 5.18. The molecule has 0 atom stereocenters. The maximum Gasteiger partial charge on any atom is 0.181 e. The molecule has 3 aromatic rings. The zero-order valence-electron chi connectivity index (χ0n) is 8.93. The maximum atomic E-state index is 9.20. The van der Waals surface area contributed by atoms with Crippen LogP contribution in [0.5, 0.6) is 0 Å². The molecular weight excluding hydrogens is 218 g/mol. The van der Waals surface area contributed by atoms with Gasteiger partial charge in [0.1, 0.15) is 28.7 Å². The van der Waals surface area contributed by atoms with E-state index in [-0.39, 0.29) is 0 Å². The molecule has 0 aliphatic carbocycles. The molecule has 0 bridgehead atoms. The number of hydrogen-bond donors (Lipinski definition) is 1. The van der Waals surface area contributed by atoms with E-state index in [1.807, 2.05) is 0 Å². The van der Waals surface area contributed by atoms with Crippen molar-refractivity contribution in [1.82, 2.24) is 19.9 Å². The Hall–Kier alpha value is -2.68. The minimum absolute atomic E-state index is 0.447. The Morgan fingerprint density at radius 2 is 2.29 bits per heavy atom. The lowest BCUT2D eigenvalue weighted by Gasteiger charge is -1.91. The van der Waals surface area contributed by atoms with Crippen LogP contribution < -0.4 is 0 Å². The molecule has 17 heavy (non-hydrogen) atoms. The molecule has 3 rings (SSSR count). The van der Waals surface area contributed by atoms with Gasteiger partial charge >= 0.3 is 0 Å². The van der Waals surface area contributed by atoms with E-state index in [9.17, 15) is 5.26 Å². The molecular formula is C11H7N5O. The number of oxazole rings is 1. The predicted octanol–water partition coefficient (Wildman–Crippen LogP) is 1.79. The van der Waals surface area contributed by atoms with Gasteiger partial charge in [0.2, 0.25) is 0 Å². The van der Waals surface area contributed by atoms with Gasteiger partial charge in [-0.05, 0) is 6.92 Å². The van der Waals surface area contributed by atoms with Crippen LogP contribution in [0.15, 0.2) is 23.2 Å². The van der Waals surface area contributed by atoms with E-state index in [4.69, 9.17) is 4.42 Å². The molecule has 3 aromatic heterocycles. The van der Waals surface area contributed by atoms with Crippen molar-refractivity contribution >= 4 is 11.0 Å². The molecule has 6 heteroatoms. The number of nitrogens with zero attached hydrogens (tertiary/aromatic N) is 4. The second-order valence-electron chi connectivity index (χ2n) is 3.53. The fraction of sp³-hybridized carbons (Fsp3) is 0.0909. The van der Waals surface area contributed by atoms with Gasteiger partial charge < -0.3 is 9.40 Å². The summed E-state index contributed by atoms with van der Waals surface area (Å²) in [6.45, 7) is 1.78. The van der Waals surface area contributed by atoms with E-state index in [1.54, 1.807) is 19.3 Å². The highest BCUT2D eigenvalue weighted by atomic mass is 16.3. The smallest absolute Gasteiger partial charge is 0.181 e. The highest BCUT2D eigenvalue weighted by Gasteiger charge is 2.16. The molecule has 0 aliphatic rings. The van der Waals surface area contributed by atoms with Gasteiger partial charge in [0.25, 0.3) is 0 Å². The molecule has 0 saturated carbocycles.